The third-order valence-electron chi connectivity index (χ3n) is 4.25. The number of nitrogens with one attached hydrogen (secondary N) is 2. The number of carbonyl (C=O) groups is 2. The molecule has 27 heavy (non-hydrogen) atoms. The summed E-state index contributed by atoms with van der Waals surface area (Å²) in [5.74, 6) is -0.780. The molecule has 2 aromatic rings. The monoisotopic (exact) mass is 407 g/mol. The number of hydrogen-bond donors (Lipinski definition) is 2. The summed E-state index contributed by atoms with van der Waals surface area (Å²) in [5.41, 5.74) is 6.03. The molecule has 2 aromatic carbocycles. The second kappa shape index (κ2) is 9.19. The van der Waals surface area contributed by atoms with Gasteiger partial charge in [0, 0.05) is 28.7 Å². The van der Waals surface area contributed by atoms with Crippen LogP contribution in [-0.4, -0.2) is 43.0 Å². The Hall–Kier alpha value is -2.12. The van der Waals surface area contributed by atoms with Crippen LogP contribution in [0.2, 0.25) is 10.0 Å². The Morgan fingerprint density at radius 2 is 1.70 bits per heavy atom. The second-order valence-corrected chi connectivity index (χ2v) is 6.87. The lowest BCUT2D eigenvalue weighted by Crippen LogP contribution is -2.50. The van der Waals surface area contributed by atoms with Gasteiger partial charge >= 0.3 is 0 Å². The minimum Gasteiger partial charge on any atom is -0.379 e. The van der Waals surface area contributed by atoms with Crippen molar-refractivity contribution in [3.05, 3.63) is 69.7 Å². The van der Waals surface area contributed by atoms with Crippen molar-refractivity contribution >= 4 is 35.0 Å². The molecule has 0 aliphatic carbocycles. The number of hydrazine groups is 1. The predicted molar refractivity (Wildman–Crippen MR) is 104 cm³/mol. The first-order valence-corrected chi connectivity index (χ1v) is 9.24. The maximum absolute atomic E-state index is 12.9. The SMILES string of the molecule is O=C(NNC(=O)[C@H](c1ccc(Cl)cc1Cl)N1CCOCC1)c1ccccc1. The molecule has 8 heteroatoms. The molecule has 142 valence electrons. The second-order valence-electron chi connectivity index (χ2n) is 6.03. The summed E-state index contributed by atoms with van der Waals surface area (Å²) >= 11 is 12.3. The van der Waals surface area contributed by atoms with E-state index in [1.165, 1.54) is 0 Å². The van der Waals surface area contributed by atoms with Crippen molar-refractivity contribution in [3.63, 3.8) is 0 Å². The zero-order valence-corrected chi connectivity index (χ0v) is 16.0. The van der Waals surface area contributed by atoms with E-state index in [0.29, 0.717) is 47.5 Å². The van der Waals surface area contributed by atoms with Crippen LogP contribution in [0.5, 0.6) is 0 Å². The molecule has 1 saturated heterocycles. The number of benzene rings is 2. The molecule has 1 atom stereocenters. The summed E-state index contributed by atoms with van der Waals surface area (Å²) in [6.45, 7) is 2.18. The van der Waals surface area contributed by atoms with Gasteiger partial charge in [-0.1, -0.05) is 47.5 Å². The first-order valence-electron chi connectivity index (χ1n) is 8.48. The summed E-state index contributed by atoms with van der Waals surface area (Å²) < 4.78 is 5.37. The Morgan fingerprint density at radius 3 is 2.37 bits per heavy atom. The topological polar surface area (TPSA) is 70.7 Å². The lowest BCUT2D eigenvalue weighted by atomic mass is 10.0. The van der Waals surface area contributed by atoms with Crippen LogP contribution in [0.1, 0.15) is 22.0 Å². The normalized spacial score (nSPS) is 15.8. The van der Waals surface area contributed by atoms with Crippen molar-refractivity contribution in [1.29, 1.82) is 0 Å². The summed E-state index contributed by atoms with van der Waals surface area (Å²) in [4.78, 5) is 27.1. The molecule has 0 saturated carbocycles. The highest BCUT2D eigenvalue weighted by Gasteiger charge is 2.31. The maximum Gasteiger partial charge on any atom is 0.269 e. The number of hydrogen-bond acceptors (Lipinski definition) is 4. The highest BCUT2D eigenvalue weighted by Crippen LogP contribution is 2.30. The van der Waals surface area contributed by atoms with Gasteiger partial charge in [-0.25, -0.2) is 0 Å². The Kier molecular flexibility index (Phi) is 6.68. The third kappa shape index (κ3) is 4.99. The quantitative estimate of drug-likeness (QED) is 0.764. The van der Waals surface area contributed by atoms with E-state index < -0.39 is 11.9 Å². The Balaban J connectivity index is 1.77. The van der Waals surface area contributed by atoms with Gasteiger partial charge < -0.3 is 4.74 Å². The fraction of sp³-hybridized carbons (Fsp3) is 0.263. The highest BCUT2D eigenvalue weighted by molar-refractivity contribution is 6.35. The fourth-order valence-electron chi connectivity index (χ4n) is 2.91. The fourth-order valence-corrected chi connectivity index (χ4v) is 3.42. The standard InChI is InChI=1S/C19H19Cl2N3O3/c20-14-6-7-15(16(21)12-14)17(24-8-10-27-11-9-24)19(26)23-22-18(25)13-4-2-1-3-5-13/h1-7,12,17H,8-11H2,(H,22,25)(H,23,26)/t17-/m0/s1. The Morgan fingerprint density at radius 1 is 1.00 bits per heavy atom. The molecular weight excluding hydrogens is 389 g/mol. The van der Waals surface area contributed by atoms with Crippen molar-refractivity contribution in [2.24, 2.45) is 0 Å². The van der Waals surface area contributed by atoms with Crippen LogP contribution in [0.4, 0.5) is 0 Å². The molecule has 1 heterocycles. The summed E-state index contributed by atoms with van der Waals surface area (Å²) in [6, 6.07) is 13.0. The molecule has 0 aromatic heterocycles. The number of amides is 2. The van der Waals surface area contributed by atoms with Gasteiger partial charge in [0.1, 0.15) is 6.04 Å². The molecule has 0 radical (unpaired) electrons. The molecule has 1 fully saturated rings. The van der Waals surface area contributed by atoms with Crippen molar-refractivity contribution in [2.75, 3.05) is 26.3 Å². The van der Waals surface area contributed by atoms with E-state index in [1.54, 1.807) is 42.5 Å². The van der Waals surface area contributed by atoms with Crippen LogP contribution in [0.15, 0.2) is 48.5 Å². The third-order valence-corrected chi connectivity index (χ3v) is 4.81. The minimum atomic E-state index is -0.672. The molecule has 1 aliphatic heterocycles. The molecule has 3 rings (SSSR count). The average Bonchev–Trinajstić information content (AvgIpc) is 2.69. The van der Waals surface area contributed by atoms with Crippen LogP contribution in [0.25, 0.3) is 0 Å². The predicted octanol–water partition coefficient (Wildman–Crippen LogP) is 2.83. The highest BCUT2D eigenvalue weighted by atomic mass is 35.5. The number of halogens is 2. The molecule has 2 N–H and O–H groups in total. The molecule has 1 aliphatic rings. The average molecular weight is 408 g/mol. The van der Waals surface area contributed by atoms with Gasteiger partial charge in [0.05, 0.1) is 13.2 Å². The summed E-state index contributed by atoms with van der Waals surface area (Å²) in [7, 11) is 0. The minimum absolute atomic E-state index is 0.384. The molecular formula is C19H19Cl2N3O3. The van der Waals surface area contributed by atoms with E-state index >= 15 is 0 Å². The summed E-state index contributed by atoms with van der Waals surface area (Å²) in [6.07, 6.45) is 0. The first kappa shape index (κ1) is 19.6. The Bertz CT molecular complexity index is 811. The molecule has 0 spiro atoms. The molecule has 0 unspecified atom stereocenters. The van der Waals surface area contributed by atoms with Crippen molar-refractivity contribution < 1.29 is 14.3 Å². The molecule has 2 amide bonds. The van der Waals surface area contributed by atoms with Gasteiger partial charge in [0.15, 0.2) is 0 Å². The van der Waals surface area contributed by atoms with Crippen LogP contribution < -0.4 is 10.9 Å². The number of rotatable bonds is 4. The van der Waals surface area contributed by atoms with Crippen LogP contribution >= 0.6 is 23.2 Å². The zero-order chi connectivity index (χ0) is 19.2. The van der Waals surface area contributed by atoms with Gasteiger partial charge in [-0.05, 0) is 29.8 Å². The van der Waals surface area contributed by atoms with E-state index in [1.807, 2.05) is 11.0 Å². The van der Waals surface area contributed by atoms with Crippen LogP contribution in [0.3, 0.4) is 0 Å². The van der Waals surface area contributed by atoms with E-state index in [9.17, 15) is 9.59 Å². The van der Waals surface area contributed by atoms with Crippen LogP contribution in [-0.2, 0) is 9.53 Å². The number of nitrogens with zero attached hydrogens (tertiary/aromatic N) is 1. The van der Waals surface area contributed by atoms with Gasteiger partial charge in [0.2, 0.25) is 0 Å². The number of morpholine rings is 1. The number of carbonyl (C=O) groups excluding carboxylic acids is 2. The first-order chi connectivity index (χ1) is 13.1. The van der Waals surface area contributed by atoms with E-state index in [-0.39, 0.29) is 5.91 Å². The van der Waals surface area contributed by atoms with Gasteiger partial charge in [-0.3, -0.25) is 25.3 Å². The lowest BCUT2D eigenvalue weighted by Gasteiger charge is -2.34. The van der Waals surface area contributed by atoms with E-state index in [4.69, 9.17) is 27.9 Å². The van der Waals surface area contributed by atoms with Gasteiger partial charge in [0.25, 0.3) is 11.8 Å². The smallest absolute Gasteiger partial charge is 0.269 e. The van der Waals surface area contributed by atoms with E-state index in [2.05, 4.69) is 10.9 Å². The van der Waals surface area contributed by atoms with E-state index in [0.717, 1.165) is 0 Å². The van der Waals surface area contributed by atoms with Gasteiger partial charge in [-0.15, -0.1) is 0 Å². The van der Waals surface area contributed by atoms with Crippen molar-refractivity contribution in [2.45, 2.75) is 6.04 Å². The van der Waals surface area contributed by atoms with Crippen molar-refractivity contribution in [1.82, 2.24) is 15.8 Å². The Labute approximate surface area is 167 Å². The summed E-state index contributed by atoms with van der Waals surface area (Å²) in [5, 5.41) is 0.880. The van der Waals surface area contributed by atoms with Crippen LogP contribution in [0, 0.1) is 0 Å². The largest absolute Gasteiger partial charge is 0.379 e. The van der Waals surface area contributed by atoms with Gasteiger partial charge in [-0.2, -0.15) is 0 Å². The maximum atomic E-state index is 12.9. The number of ether oxygens (including phenoxy) is 1. The zero-order valence-electron chi connectivity index (χ0n) is 14.5. The lowest BCUT2D eigenvalue weighted by molar-refractivity contribution is -0.129. The molecule has 6 nitrogen and oxygen atoms in total. The molecule has 0 bridgehead atoms. The van der Waals surface area contributed by atoms with Crippen molar-refractivity contribution in [3.8, 4) is 0 Å².